The van der Waals surface area contributed by atoms with Crippen LogP contribution in [0.3, 0.4) is 0 Å². The average Bonchev–Trinajstić information content (AvgIpc) is 2.57. The number of anilines is 1. The van der Waals surface area contributed by atoms with Gasteiger partial charge in [-0.15, -0.1) is 0 Å². The first-order valence-electron chi connectivity index (χ1n) is 8.71. The number of amides is 2. The number of alkyl halides is 2. The Hall–Kier alpha value is -3.03. The van der Waals surface area contributed by atoms with Crippen molar-refractivity contribution in [3.05, 3.63) is 52.2 Å². The van der Waals surface area contributed by atoms with Crippen LogP contribution in [0.25, 0.3) is 0 Å². The van der Waals surface area contributed by atoms with Crippen molar-refractivity contribution in [3.8, 4) is 5.75 Å². The van der Waals surface area contributed by atoms with Crippen molar-refractivity contribution in [2.24, 2.45) is 0 Å². The molecule has 1 aromatic carbocycles. The van der Waals surface area contributed by atoms with Crippen LogP contribution >= 0.6 is 0 Å². The first kappa shape index (κ1) is 21.3. The summed E-state index contributed by atoms with van der Waals surface area (Å²) in [4.78, 5) is 27.8. The van der Waals surface area contributed by atoms with Crippen molar-refractivity contribution in [1.29, 1.82) is 0 Å². The summed E-state index contributed by atoms with van der Waals surface area (Å²) >= 11 is 0. The topological polar surface area (TPSA) is 80.3 Å². The Bertz CT molecular complexity index is 862. The lowest BCUT2D eigenvalue weighted by Crippen LogP contribution is -2.23. The predicted octanol–water partition coefficient (Wildman–Crippen LogP) is 3.54. The highest BCUT2D eigenvalue weighted by molar-refractivity contribution is 5.96. The molecular weight excluding hydrogens is 368 g/mol. The number of ether oxygens (including phenoxy) is 1. The van der Waals surface area contributed by atoms with Crippen LogP contribution < -0.4 is 15.4 Å². The second-order valence-electron chi connectivity index (χ2n) is 6.51. The summed E-state index contributed by atoms with van der Waals surface area (Å²) in [5, 5.41) is 5.37. The van der Waals surface area contributed by atoms with Crippen LogP contribution in [-0.4, -0.2) is 29.8 Å². The molecule has 0 fully saturated rings. The van der Waals surface area contributed by atoms with E-state index >= 15 is 0 Å². The SMILES string of the molecule is CC(=O)Nc1cc(C(=O)NCc2cc(C)c(OCC(F)F)c(C)c2)cc(C)n1. The third-order valence-corrected chi connectivity index (χ3v) is 3.85. The van der Waals surface area contributed by atoms with Crippen molar-refractivity contribution in [2.75, 3.05) is 11.9 Å². The maximum Gasteiger partial charge on any atom is 0.272 e. The van der Waals surface area contributed by atoms with Gasteiger partial charge >= 0.3 is 0 Å². The molecule has 1 aromatic heterocycles. The Morgan fingerprint density at radius 3 is 2.32 bits per heavy atom. The number of carbonyl (C=O) groups is 2. The Morgan fingerprint density at radius 1 is 1.11 bits per heavy atom. The molecule has 2 rings (SSSR count). The lowest BCUT2D eigenvalue weighted by Gasteiger charge is -2.14. The van der Waals surface area contributed by atoms with E-state index in [1.165, 1.54) is 13.0 Å². The van der Waals surface area contributed by atoms with E-state index in [2.05, 4.69) is 15.6 Å². The molecule has 0 spiro atoms. The summed E-state index contributed by atoms with van der Waals surface area (Å²) in [5.41, 5.74) is 3.24. The number of hydrogen-bond acceptors (Lipinski definition) is 4. The maximum absolute atomic E-state index is 12.5. The number of nitrogens with one attached hydrogen (secondary N) is 2. The lowest BCUT2D eigenvalue weighted by molar-refractivity contribution is -0.114. The molecule has 8 heteroatoms. The molecule has 0 radical (unpaired) electrons. The molecule has 150 valence electrons. The monoisotopic (exact) mass is 391 g/mol. The van der Waals surface area contributed by atoms with Crippen molar-refractivity contribution in [1.82, 2.24) is 10.3 Å². The van der Waals surface area contributed by atoms with E-state index in [0.29, 0.717) is 22.8 Å². The molecule has 2 N–H and O–H groups in total. The van der Waals surface area contributed by atoms with Crippen LogP contribution in [0.5, 0.6) is 5.75 Å². The van der Waals surface area contributed by atoms with Gasteiger partial charge in [0, 0.05) is 24.7 Å². The van der Waals surface area contributed by atoms with E-state index in [1.807, 2.05) is 0 Å². The molecule has 0 bridgehead atoms. The van der Waals surface area contributed by atoms with Crippen LogP contribution in [-0.2, 0) is 11.3 Å². The van der Waals surface area contributed by atoms with E-state index in [-0.39, 0.29) is 18.4 Å². The zero-order valence-electron chi connectivity index (χ0n) is 16.2. The summed E-state index contributed by atoms with van der Waals surface area (Å²) in [6.07, 6.45) is -2.54. The first-order chi connectivity index (χ1) is 13.2. The van der Waals surface area contributed by atoms with Gasteiger partial charge in [0.1, 0.15) is 18.2 Å². The van der Waals surface area contributed by atoms with Crippen LogP contribution in [0.15, 0.2) is 24.3 Å². The highest BCUT2D eigenvalue weighted by Crippen LogP contribution is 2.25. The first-order valence-corrected chi connectivity index (χ1v) is 8.71. The minimum Gasteiger partial charge on any atom is -0.487 e. The summed E-state index contributed by atoms with van der Waals surface area (Å²) in [5.74, 6) is 0.153. The van der Waals surface area contributed by atoms with Gasteiger partial charge in [0.15, 0.2) is 0 Å². The van der Waals surface area contributed by atoms with Gasteiger partial charge in [-0.05, 0) is 49.6 Å². The van der Waals surface area contributed by atoms with Gasteiger partial charge in [0.05, 0.1) is 0 Å². The zero-order chi connectivity index (χ0) is 20.8. The standard InChI is InChI=1S/C20H23F2N3O3/c1-11-5-15(6-12(2)19(11)28-10-17(21)22)9-23-20(27)16-7-13(3)24-18(8-16)25-14(4)26/h5-8,17H,9-10H2,1-4H3,(H,23,27)(H,24,25,26). The fourth-order valence-electron chi connectivity index (χ4n) is 2.84. The zero-order valence-corrected chi connectivity index (χ0v) is 16.2. The third kappa shape index (κ3) is 6.00. The maximum atomic E-state index is 12.5. The predicted molar refractivity (Wildman–Crippen MR) is 102 cm³/mol. The molecule has 2 aromatic rings. The van der Waals surface area contributed by atoms with Crippen molar-refractivity contribution in [3.63, 3.8) is 0 Å². The summed E-state index contributed by atoms with van der Waals surface area (Å²) in [6.45, 7) is 6.23. The number of hydrogen-bond donors (Lipinski definition) is 2. The number of carbonyl (C=O) groups excluding carboxylic acids is 2. The summed E-state index contributed by atoms with van der Waals surface area (Å²) in [7, 11) is 0. The lowest BCUT2D eigenvalue weighted by atomic mass is 10.1. The largest absolute Gasteiger partial charge is 0.487 e. The number of nitrogens with zero attached hydrogens (tertiary/aromatic N) is 1. The fraction of sp³-hybridized carbons (Fsp3) is 0.350. The molecular formula is C20H23F2N3O3. The number of aryl methyl sites for hydroxylation is 3. The molecule has 28 heavy (non-hydrogen) atoms. The Balaban J connectivity index is 2.08. The van der Waals surface area contributed by atoms with Gasteiger partial charge in [0.25, 0.3) is 12.3 Å². The fourth-order valence-corrected chi connectivity index (χ4v) is 2.84. The van der Waals surface area contributed by atoms with E-state index in [1.54, 1.807) is 39.0 Å². The van der Waals surface area contributed by atoms with Crippen LogP contribution in [0, 0.1) is 20.8 Å². The molecule has 1 heterocycles. The third-order valence-electron chi connectivity index (χ3n) is 3.85. The summed E-state index contributed by atoms with van der Waals surface area (Å²) in [6, 6.07) is 6.70. The quantitative estimate of drug-likeness (QED) is 0.757. The van der Waals surface area contributed by atoms with Gasteiger partial charge in [-0.2, -0.15) is 0 Å². The Morgan fingerprint density at radius 2 is 1.75 bits per heavy atom. The minimum atomic E-state index is -2.54. The van der Waals surface area contributed by atoms with Crippen LogP contribution in [0.1, 0.15) is 39.7 Å². The molecule has 2 amide bonds. The Labute approximate surface area is 162 Å². The highest BCUT2D eigenvalue weighted by Gasteiger charge is 2.12. The van der Waals surface area contributed by atoms with Gasteiger partial charge < -0.3 is 15.4 Å². The van der Waals surface area contributed by atoms with Gasteiger partial charge in [-0.1, -0.05) is 12.1 Å². The number of halogens is 2. The normalized spacial score (nSPS) is 10.7. The van der Waals surface area contributed by atoms with Gasteiger partial charge in [-0.3, -0.25) is 9.59 Å². The molecule has 0 atom stereocenters. The second-order valence-corrected chi connectivity index (χ2v) is 6.51. The van der Waals surface area contributed by atoms with E-state index in [9.17, 15) is 18.4 Å². The molecule has 0 saturated carbocycles. The van der Waals surface area contributed by atoms with E-state index in [0.717, 1.165) is 16.7 Å². The minimum absolute atomic E-state index is 0.256. The molecule has 6 nitrogen and oxygen atoms in total. The van der Waals surface area contributed by atoms with Gasteiger partial charge in [-0.25, -0.2) is 13.8 Å². The van der Waals surface area contributed by atoms with Crippen LogP contribution in [0.4, 0.5) is 14.6 Å². The summed E-state index contributed by atoms with van der Waals surface area (Å²) < 4.78 is 29.9. The smallest absolute Gasteiger partial charge is 0.272 e. The number of rotatable bonds is 7. The second kappa shape index (κ2) is 9.25. The number of benzene rings is 1. The van der Waals surface area contributed by atoms with E-state index < -0.39 is 13.0 Å². The van der Waals surface area contributed by atoms with Crippen molar-refractivity contribution >= 4 is 17.6 Å². The molecule has 0 unspecified atom stereocenters. The number of aromatic nitrogens is 1. The highest BCUT2D eigenvalue weighted by atomic mass is 19.3. The van der Waals surface area contributed by atoms with E-state index in [4.69, 9.17) is 4.74 Å². The molecule has 0 aliphatic carbocycles. The van der Waals surface area contributed by atoms with Crippen molar-refractivity contribution < 1.29 is 23.1 Å². The van der Waals surface area contributed by atoms with Crippen LogP contribution in [0.2, 0.25) is 0 Å². The van der Waals surface area contributed by atoms with Crippen molar-refractivity contribution in [2.45, 2.75) is 40.7 Å². The molecule has 0 aliphatic heterocycles. The Kier molecular flexibility index (Phi) is 7.03. The number of pyridine rings is 1. The van der Waals surface area contributed by atoms with Gasteiger partial charge in [0.2, 0.25) is 5.91 Å². The molecule has 0 saturated heterocycles. The average molecular weight is 391 g/mol. The molecule has 0 aliphatic rings.